The minimum absolute atomic E-state index is 0.327. The molecule has 0 radical (unpaired) electrons. The van der Waals surface area contributed by atoms with Crippen molar-refractivity contribution in [2.75, 3.05) is 24.3 Å². The topological polar surface area (TPSA) is 64.3 Å². The van der Waals surface area contributed by atoms with E-state index in [9.17, 15) is 26.7 Å². The molecule has 0 heterocycles. The number of hydrogen-bond donors (Lipinski definition) is 2. The minimum Gasteiger partial charge on any atom is -0.397 e. The van der Waals surface area contributed by atoms with Gasteiger partial charge in [0.1, 0.15) is 18.1 Å². The van der Waals surface area contributed by atoms with Crippen LogP contribution in [0, 0.1) is 11.6 Å². The Labute approximate surface area is 110 Å². The second-order valence-electron chi connectivity index (χ2n) is 3.82. The van der Waals surface area contributed by atoms with Crippen molar-refractivity contribution in [1.29, 1.82) is 0 Å². The molecule has 1 aromatic carbocycles. The van der Waals surface area contributed by atoms with Crippen LogP contribution in [0.2, 0.25) is 0 Å². The van der Waals surface area contributed by atoms with Gasteiger partial charge in [0.05, 0.1) is 18.7 Å². The molecule has 3 N–H and O–H groups in total. The molecule has 4 nitrogen and oxygen atoms in total. The highest BCUT2D eigenvalue weighted by molar-refractivity contribution is 5.94. The Bertz CT molecular complexity index is 467. The van der Waals surface area contributed by atoms with Crippen molar-refractivity contribution in [3.63, 3.8) is 0 Å². The average Bonchev–Trinajstić information content (AvgIpc) is 2.28. The molecular formula is C11H11F5N2O2. The van der Waals surface area contributed by atoms with Crippen LogP contribution in [-0.4, -0.2) is 25.3 Å². The first-order chi connectivity index (χ1) is 9.19. The minimum atomic E-state index is -4.48. The van der Waals surface area contributed by atoms with Crippen LogP contribution in [0.25, 0.3) is 0 Å². The van der Waals surface area contributed by atoms with Gasteiger partial charge in [-0.25, -0.2) is 8.78 Å². The molecule has 1 amide bonds. The fourth-order valence-corrected chi connectivity index (χ4v) is 1.28. The first-order valence-corrected chi connectivity index (χ1v) is 5.38. The van der Waals surface area contributed by atoms with E-state index in [-0.39, 0.29) is 5.69 Å². The predicted octanol–water partition coefficient (Wildman–Crippen LogP) is 2.45. The van der Waals surface area contributed by atoms with E-state index in [0.29, 0.717) is 6.07 Å². The van der Waals surface area contributed by atoms with Crippen molar-refractivity contribution in [2.45, 2.75) is 12.6 Å². The van der Waals surface area contributed by atoms with E-state index in [0.717, 1.165) is 6.07 Å². The number of ether oxygens (including phenoxy) is 1. The second kappa shape index (κ2) is 6.51. The van der Waals surface area contributed by atoms with Gasteiger partial charge in [0.25, 0.3) is 0 Å². The molecular weight excluding hydrogens is 287 g/mol. The molecule has 0 aliphatic rings. The summed E-state index contributed by atoms with van der Waals surface area (Å²) in [6.07, 6.45) is -4.91. The molecule has 0 saturated carbocycles. The molecule has 9 heteroatoms. The number of carbonyl (C=O) groups excluding carboxylic acids is 1. The Morgan fingerprint density at radius 1 is 1.30 bits per heavy atom. The molecule has 0 bridgehead atoms. The second-order valence-corrected chi connectivity index (χ2v) is 3.82. The van der Waals surface area contributed by atoms with Gasteiger partial charge >= 0.3 is 6.18 Å². The maximum absolute atomic E-state index is 13.3. The number of carbonyl (C=O) groups is 1. The van der Waals surface area contributed by atoms with Crippen LogP contribution in [0.5, 0.6) is 0 Å². The summed E-state index contributed by atoms with van der Waals surface area (Å²) in [7, 11) is 0. The molecule has 0 fully saturated rings. The van der Waals surface area contributed by atoms with Gasteiger partial charge in [-0.1, -0.05) is 0 Å². The summed E-state index contributed by atoms with van der Waals surface area (Å²) >= 11 is 0. The monoisotopic (exact) mass is 298 g/mol. The van der Waals surface area contributed by atoms with Crippen LogP contribution in [-0.2, 0) is 9.53 Å². The van der Waals surface area contributed by atoms with E-state index < -0.39 is 49.0 Å². The first-order valence-electron chi connectivity index (χ1n) is 5.38. The lowest BCUT2D eigenvalue weighted by atomic mass is 10.2. The standard InChI is InChI=1S/C11H11F5N2O2/c12-6-3-7(13)10(8(17)4-6)18-9(19)1-2-20-5-11(14,15)16/h3-4H,1-2,5,17H2,(H,18,19). The summed E-state index contributed by atoms with van der Waals surface area (Å²) in [6.45, 7) is -1.97. The van der Waals surface area contributed by atoms with E-state index in [4.69, 9.17) is 5.73 Å². The van der Waals surface area contributed by atoms with Gasteiger partial charge in [0.15, 0.2) is 5.82 Å². The normalized spacial score (nSPS) is 11.4. The van der Waals surface area contributed by atoms with Crippen molar-refractivity contribution < 1.29 is 31.5 Å². The number of benzene rings is 1. The summed E-state index contributed by atoms with van der Waals surface area (Å²) < 4.78 is 65.5. The van der Waals surface area contributed by atoms with Gasteiger partial charge in [0.2, 0.25) is 5.91 Å². The zero-order chi connectivity index (χ0) is 15.3. The highest BCUT2D eigenvalue weighted by atomic mass is 19.4. The van der Waals surface area contributed by atoms with Gasteiger partial charge in [-0.3, -0.25) is 4.79 Å². The number of anilines is 2. The third kappa shape index (κ3) is 5.39. The number of nitrogens with one attached hydrogen (secondary N) is 1. The Morgan fingerprint density at radius 3 is 2.50 bits per heavy atom. The molecule has 1 rings (SSSR count). The number of amides is 1. The molecule has 0 spiro atoms. The summed E-state index contributed by atoms with van der Waals surface area (Å²) in [5.41, 5.74) is 4.56. The molecule has 0 aliphatic carbocycles. The Morgan fingerprint density at radius 2 is 1.95 bits per heavy atom. The van der Waals surface area contributed by atoms with Crippen molar-refractivity contribution in [2.24, 2.45) is 0 Å². The number of alkyl halides is 3. The largest absolute Gasteiger partial charge is 0.411 e. The molecule has 112 valence electrons. The molecule has 0 saturated heterocycles. The van der Waals surface area contributed by atoms with Crippen molar-refractivity contribution in [3.05, 3.63) is 23.8 Å². The first kappa shape index (κ1) is 16.2. The van der Waals surface area contributed by atoms with Crippen LogP contribution in [0.1, 0.15) is 6.42 Å². The SMILES string of the molecule is Nc1cc(F)cc(F)c1NC(=O)CCOCC(F)(F)F. The van der Waals surface area contributed by atoms with E-state index in [2.05, 4.69) is 4.74 Å². The van der Waals surface area contributed by atoms with Crippen LogP contribution >= 0.6 is 0 Å². The van der Waals surface area contributed by atoms with Gasteiger partial charge in [-0.2, -0.15) is 13.2 Å². The smallest absolute Gasteiger partial charge is 0.397 e. The molecule has 0 atom stereocenters. The quantitative estimate of drug-likeness (QED) is 0.498. The average molecular weight is 298 g/mol. The predicted molar refractivity (Wildman–Crippen MR) is 60.9 cm³/mol. The van der Waals surface area contributed by atoms with Crippen LogP contribution in [0.4, 0.5) is 33.3 Å². The van der Waals surface area contributed by atoms with Gasteiger partial charge in [-0.15, -0.1) is 0 Å². The van der Waals surface area contributed by atoms with Gasteiger partial charge < -0.3 is 15.8 Å². The molecule has 20 heavy (non-hydrogen) atoms. The number of hydrogen-bond acceptors (Lipinski definition) is 3. The Kier molecular flexibility index (Phi) is 5.26. The summed E-state index contributed by atoms with van der Waals surface area (Å²) in [5, 5.41) is 2.04. The van der Waals surface area contributed by atoms with Gasteiger partial charge in [0, 0.05) is 6.07 Å². The molecule has 0 aromatic heterocycles. The van der Waals surface area contributed by atoms with Crippen LogP contribution < -0.4 is 11.1 Å². The Hall–Kier alpha value is -1.90. The third-order valence-corrected chi connectivity index (χ3v) is 2.09. The lowest BCUT2D eigenvalue weighted by Gasteiger charge is -2.10. The number of nitrogen functional groups attached to an aromatic ring is 1. The van der Waals surface area contributed by atoms with E-state index in [1.165, 1.54) is 0 Å². The van der Waals surface area contributed by atoms with Gasteiger partial charge in [-0.05, 0) is 6.07 Å². The third-order valence-electron chi connectivity index (χ3n) is 2.09. The number of halogens is 5. The fourth-order valence-electron chi connectivity index (χ4n) is 1.28. The molecule has 0 aliphatic heterocycles. The lowest BCUT2D eigenvalue weighted by Crippen LogP contribution is -2.20. The van der Waals surface area contributed by atoms with Crippen molar-refractivity contribution >= 4 is 17.3 Å². The van der Waals surface area contributed by atoms with Crippen LogP contribution in [0.15, 0.2) is 12.1 Å². The summed E-state index contributed by atoms with van der Waals surface area (Å²) in [5.74, 6) is -2.79. The number of nitrogens with two attached hydrogens (primary N) is 1. The summed E-state index contributed by atoms with van der Waals surface area (Å²) in [6, 6.07) is 1.32. The van der Waals surface area contributed by atoms with Crippen molar-refractivity contribution in [1.82, 2.24) is 0 Å². The number of rotatable bonds is 5. The zero-order valence-electron chi connectivity index (χ0n) is 10.1. The summed E-state index contributed by atoms with van der Waals surface area (Å²) in [4.78, 5) is 11.3. The van der Waals surface area contributed by atoms with Crippen molar-refractivity contribution in [3.8, 4) is 0 Å². The zero-order valence-corrected chi connectivity index (χ0v) is 10.1. The maximum Gasteiger partial charge on any atom is 0.411 e. The van der Waals surface area contributed by atoms with E-state index in [1.807, 2.05) is 5.32 Å². The Balaban J connectivity index is 2.47. The van der Waals surface area contributed by atoms with Crippen LogP contribution in [0.3, 0.4) is 0 Å². The van der Waals surface area contributed by atoms with E-state index >= 15 is 0 Å². The lowest BCUT2D eigenvalue weighted by molar-refractivity contribution is -0.174. The van der Waals surface area contributed by atoms with E-state index in [1.54, 1.807) is 0 Å². The molecule has 1 aromatic rings. The fraction of sp³-hybridized carbons (Fsp3) is 0.364. The highest BCUT2D eigenvalue weighted by Crippen LogP contribution is 2.23. The maximum atomic E-state index is 13.3. The molecule has 0 unspecified atom stereocenters. The highest BCUT2D eigenvalue weighted by Gasteiger charge is 2.27.